The number of alkyl halides is 1. The number of hydrogen-bond acceptors (Lipinski definition) is 6. The van der Waals surface area contributed by atoms with E-state index in [9.17, 15) is 30.3 Å². The minimum absolute atomic E-state index is 0.774. The number of hydrogen-bond donors (Lipinski definition) is 0. The molecule has 86 valence electrons. The lowest BCUT2D eigenvalue weighted by atomic mass is 10.00. The van der Waals surface area contributed by atoms with Gasteiger partial charge in [-0.05, 0) is 17.7 Å². The van der Waals surface area contributed by atoms with E-state index in [1.54, 1.807) is 0 Å². The van der Waals surface area contributed by atoms with Crippen LogP contribution in [0.25, 0.3) is 0 Å². The molecule has 16 heavy (non-hydrogen) atoms. The Kier molecular flexibility index (Phi) is 2.90. The van der Waals surface area contributed by atoms with E-state index in [0.717, 1.165) is 18.2 Å². The van der Waals surface area contributed by atoms with Crippen LogP contribution in [-0.4, -0.2) is 25.8 Å². The van der Waals surface area contributed by atoms with Crippen molar-refractivity contribution in [2.45, 2.75) is 11.0 Å². The van der Waals surface area contributed by atoms with Gasteiger partial charge in [0.25, 0.3) is 0 Å². The van der Waals surface area contributed by atoms with Crippen LogP contribution in [0, 0.1) is 30.3 Å². The van der Waals surface area contributed by atoms with E-state index in [4.69, 9.17) is 11.6 Å². The Bertz CT molecular complexity index is 432. The first kappa shape index (κ1) is 12.0. The fourth-order valence-corrected chi connectivity index (χ4v) is 1.53. The average molecular weight is 250 g/mol. The van der Waals surface area contributed by atoms with Crippen LogP contribution in [0.1, 0.15) is 0 Å². The standard InChI is InChI=1S/C6H4ClN3O6/c7-6(10(15)16)4(8(11)12)2-1-3-5(6)9(13)14/h1-4H. The lowest BCUT2D eigenvalue weighted by Gasteiger charge is -2.18. The Balaban J connectivity index is 3.36. The van der Waals surface area contributed by atoms with E-state index in [1.165, 1.54) is 0 Å². The summed E-state index contributed by atoms with van der Waals surface area (Å²) in [6.45, 7) is 0. The summed E-state index contributed by atoms with van der Waals surface area (Å²) in [5.41, 5.74) is -1.02. The molecule has 0 saturated heterocycles. The Hall–Kier alpha value is -2.03. The molecule has 1 rings (SSSR count). The van der Waals surface area contributed by atoms with Crippen LogP contribution in [0.2, 0.25) is 0 Å². The molecule has 0 aromatic rings. The van der Waals surface area contributed by atoms with Crippen LogP contribution in [0.4, 0.5) is 0 Å². The fraction of sp³-hybridized carbons (Fsp3) is 0.333. The number of nitro groups is 3. The Morgan fingerprint density at radius 2 is 1.81 bits per heavy atom. The quantitative estimate of drug-likeness (QED) is 0.311. The summed E-state index contributed by atoms with van der Waals surface area (Å²) in [5, 5.41) is 31.8. The minimum atomic E-state index is -2.87. The van der Waals surface area contributed by atoms with Gasteiger partial charge in [0, 0.05) is 11.0 Å². The van der Waals surface area contributed by atoms with Crippen LogP contribution in [0.15, 0.2) is 23.9 Å². The highest BCUT2D eigenvalue weighted by Gasteiger charge is 2.66. The van der Waals surface area contributed by atoms with Crippen molar-refractivity contribution in [1.82, 2.24) is 0 Å². The molecule has 0 N–H and O–H groups in total. The number of nitrogens with zero attached hydrogens (tertiary/aromatic N) is 3. The van der Waals surface area contributed by atoms with E-state index < -0.39 is 31.5 Å². The zero-order valence-corrected chi connectivity index (χ0v) is 8.23. The molecule has 0 aromatic carbocycles. The summed E-state index contributed by atoms with van der Waals surface area (Å²) in [4.78, 5) is 25.5. The topological polar surface area (TPSA) is 129 Å². The molecule has 0 fully saturated rings. The van der Waals surface area contributed by atoms with Crippen molar-refractivity contribution in [1.29, 1.82) is 0 Å². The van der Waals surface area contributed by atoms with E-state index in [-0.39, 0.29) is 0 Å². The van der Waals surface area contributed by atoms with Crippen LogP contribution >= 0.6 is 11.6 Å². The van der Waals surface area contributed by atoms with Crippen LogP contribution in [-0.2, 0) is 0 Å². The molecule has 0 amide bonds. The molecule has 9 nitrogen and oxygen atoms in total. The summed E-state index contributed by atoms with van der Waals surface area (Å²) in [6.07, 6.45) is 2.61. The second-order valence-corrected chi connectivity index (χ2v) is 3.43. The third-order valence-electron chi connectivity index (χ3n) is 1.99. The maximum atomic E-state index is 10.7. The van der Waals surface area contributed by atoms with Crippen molar-refractivity contribution in [2.75, 3.05) is 0 Å². The summed E-state index contributed by atoms with van der Waals surface area (Å²) in [7, 11) is 0. The lowest BCUT2D eigenvalue weighted by molar-refractivity contribution is -0.637. The highest BCUT2D eigenvalue weighted by Crippen LogP contribution is 2.35. The summed E-state index contributed by atoms with van der Waals surface area (Å²) in [6, 6.07) is -1.98. The van der Waals surface area contributed by atoms with E-state index in [1.807, 2.05) is 0 Å². The van der Waals surface area contributed by atoms with Crippen LogP contribution in [0.5, 0.6) is 0 Å². The first-order valence-corrected chi connectivity index (χ1v) is 4.20. The van der Waals surface area contributed by atoms with Crippen molar-refractivity contribution >= 4 is 11.6 Å². The zero-order chi connectivity index (χ0) is 12.5. The van der Waals surface area contributed by atoms with Crippen molar-refractivity contribution in [3.63, 3.8) is 0 Å². The highest BCUT2D eigenvalue weighted by atomic mass is 35.5. The van der Waals surface area contributed by atoms with Gasteiger partial charge in [-0.3, -0.25) is 30.3 Å². The van der Waals surface area contributed by atoms with Crippen molar-refractivity contribution in [3.05, 3.63) is 54.3 Å². The Labute approximate surface area is 92.4 Å². The number of allylic oxidation sites excluding steroid dienone is 2. The van der Waals surface area contributed by atoms with Gasteiger partial charge in [0.15, 0.2) is 0 Å². The predicted octanol–water partition coefficient (Wildman–Crippen LogP) is 0.574. The van der Waals surface area contributed by atoms with E-state index in [2.05, 4.69) is 0 Å². The zero-order valence-electron chi connectivity index (χ0n) is 7.48. The van der Waals surface area contributed by atoms with Gasteiger partial charge in [0.05, 0.1) is 9.85 Å². The normalized spacial score (nSPS) is 28.3. The Morgan fingerprint density at radius 1 is 1.25 bits per heavy atom. The minimum Gasteiger partial charge on any atom is -0.264 e. The monoisotopic (exact) mass is 249 g/mol. The molecule has 2 atom stereocenters. The second-order valence-electron chi connectivity index (χ2n) is 2.85. The van der Waals surface area contributed by atoms with Gasteiger partial charge in [-0.15, -0.1) is 0 Å². The van der Waals surface area contributed by atoms with Crippen LogP contribution < -0.4 is 0 Å². The summed E-state index contributed by atoms with van der Waals surface area (Å²) in [5.74, 6) is 0. The van der Waals surface area contributed by atoms with E-state index in [0.29, 0.717) is 0 Å². The maximum Gasteiger partial charge on any atom is 0.452 e. The van der Waals surface area contributed by atoms with Crippen LogP contribution in [0.3, 0.4) is 0 Å². The molecular formula is C6H4ClN3O6. The molecule has 0 saturated carbocycles. The molecule has 0 aromatic heterocycles. The number of rotatable bonds is 3. The maximum absolute atomic E-state index is 10.7. The van der Waals surface area contributed by atoms with Gasteiger partial charge in [-0.1, -0.05) is 6.08 Å². The second kappa shape index (κ2) is 3.85. The van der Waals surface area contributed by atoms with Gasteiger partial charge in [-0.2, -0.15) is 0 Å². The summed E-state index contributed by atoms with van der Waals surface area (Å²) < 4.78 is 0. The third-order valence-corrected chi connectivity index (χ3v) is 2.54. The fourth-order valence-electron chi connectivity index (χ4n) is 1.25. The predicted molar refractivity (Wildman–Crippen MR) is 50.6 cm³/mol. The highest BCUT2D eigenvalue weighted by molar-refractivity contribution is 6.25. The lowest BCUT2D eigenvalue weighted by Crippen LogP contribution is -2.51. The van der Waals surface area contributed by atoms with Gasteiger partial charge in [0.2, 0.25) is 0 Å². The number of halogens is 1. The van der Waals surface area contributed by atoms with Crippen molar-refractivity contribution in [3.8, 4) is 0 Å². The van der Waals surface area contributed by atoms with Crippen molar-refractivity contribution in [2.24, 2.45) is 0 Å². The molecule has 0 heterocycles. The first-order chi connectivity index (χ1) is 7.31. The summed E-state index contributed by atoms with van der Waals surface area (Å²) >= 11 is 5.43. The van der Waals surface area contributed by atoms with E-state index >= 15 is 0 Å². The molecule has 0 spiro atoms. The van der Waals surface area contributed by atoms with Gasteiger partial charge in [0.1, 0.15) is 0 Å². The van der Waals surface area contributed by atoms with Gasteiger partial charge in [-0.25, -0.2) is 0 Å². The van der Waals surface area contributed by atoms with Gasteiger partial charge < -0.3 is 0 Å². The molecule has 0 radical (unpaired) electrons. The van der Waals surface area contributed by atoms with Crippen molar-refractivity contribution < 1.29 is 14.8 Å². The smallest absolute Gasteiger partial charge is 0.264 e. The average Bonchev–Trinajstić information content (AvgIpc) is 2.16. The largest absolute Gasteiger partial charge is 0.452 e. The first-order valence-electron chi connectivity index (χ1n) is 3.82. The molecule has 0 bridgehead atoms. The molecule has 10 heteroatoms. The molecular weight excluding hydrogens is 246 g/mol. The molecule has 2 unspecified atom stereocenters. The van der Waals surface area contributed by atoms with Gasteiger partial charge >= 0.3 is 16.7 Å². The third kappa shape index (κ3) is 1.60. The molecule has 0 aliphatic heterocycles. The SMILES string of the molecule is O=[N+]([O-])C1=CC=CC([N+](=O)[O-])C1(Cl)[N+](=O)[O-]. The Morgan fingerprint density at radius 3 is 2.19 bits per heavy atom. The molecule has 1 aliphatic carbocycles. The molecule has 1 aliphatic rings.